The summed E-state index contributed by atoms with van der Waals surface area (Å²) in [6.45, 7) is 5.13. The first-order valence-electron chi connectivity index (χ1n) is 9.66. The predicted molar refractivity (Wildman–Crippen MR) is 119 cm³/mol. The summed E-state index contributed by atoms with van der Waals surface area (Å²) in [4.78, 5) is 12.5. The van der Waals surface area contributed by atoms with Crippen LogP contribution in [0.15, 0.2) is 61.2 Å². The van der Waals surface area contributed by atoms with Gasteiger partial charge in [0.2, 0.25) is 10.0 Å². The van der Waals surface area contributed by atoms with E-state index in [0.29, 0.717) is 11.5 Å². The summed E-state index contributed by atoms with van der Waals surface area (Å²) in [5, 5.41) is 0. The number of ether oxygens (including phenoxy) is 3. The lowest BCUT2D eigenvalue weighted by Gasteiger charge is -2.32. The molecule has 0 radical (unpaired) electrons. The molecule has 0 saturated carbocycles. The number of benzene rings is 2. The van der Waals surface area contributed by atoms with E-state index in [0.717, 1.165) is 11.1 Å². The number of methoxy groups -OCH3 is 3. The second-order valence-corrected chi connectivity index (χ2v) is 9.55. The van der Waals surface area contributed by atoms with Crippen LogP contribution < -0.4 is 9.47 Å². The maximum absolute atomic E-state index is 13.7. The van der Waals surface area contributed by atoms with E-state index in [4.69, 9.17) is 14.2 Å². The number of nitrogens with zero attached hydrogens (tertiary/aromatic N) is 1. The third-order valence-electron chi connectivity index (χ3n) is 5.10. The molecule has 0 aliphatic rings. The first-order valence-corrected chi connectivity index (χ1v) is 11.1. The number of hydrogen-bond donors (Lipinski definition) is 0. The first kappa shape index (κ1) is 24.4. The molecule has 0 bridgehead atoms. The Hall–Kier alpha value is -2.84. The van der Waals surface area contributed by atoms with Gasteiger partial charge in [0.25, 0.3) is 0 Å². The fourth-order valence-electron chi connectivity index (χ4n) is 3.17. The molecule has 0 amide bonds. The Morgan fingerprint density at radius 3 is 1.68 bits per heavy atom. The largest absolute Gasteiger partial charge is 0.497 e. The van der Waals surface area contributed by atoms with E-state index in [-0.39, 0.29) is 19.5 Å². The molecule has 0 spiro atoms. The lowest BCUT2D eigenvalue weighted by Crippen LogP contribution is -2.51. The molecule has 7 nitrogen and oxygen atoms in total. The third-order valence-corrected chi connectivity index (χ3v) is 7.51. The van der Waals surface area contributed by atoms with Crippen LogP contribution in [0.25, 0.3) is 0 Å². The van der Waals surface area contributed by atoms with E-state index in [2.05, 4.69) is 6.58 Å². The number of carbonyl (C=O) groups excluding carboxylic acids is 1. The van der Waals surface area contributed by atoms with Crippen molar-refractivity contribution in [1.29, 1.82) is 0 Å². The summed E-state index contributed by atoms with van der Waals surface area (Å²) >= 11 is 0. The van der Waals surface area contributed by atoms with Gasteiger partial charge < -0.3 is 14.2 Å². The van der Waals surface area contributed by atoms with Crippen LogP contribution >= 0.6 is 0 Å². The van der Waals surface area contributed by atoms with Crippen LogP contribution in [-0.2, 0) is 32.6 Å². The maximum Gasteiger partial charge on any atom is 0.328 e. The molecule has 1 unspecified atom stereocenters. The molecular formula is C23H29NO6S. The summed E-state index contributed by atoms with van der Waals surface area (Å²) in [5.74, 6) is 0.501. The Morgan fingerprint density at radius 1 is 0.935 bits per heavy atom. The fraction of sp³-hybridized carbons (Fsp3) is 0.348. The van der Waals surface area contributed by atoms with Crippen molar-refractivity contribution < 1.29 is 27.4 Å². The average Bonchev–Trinajstić information content (AvgIpc) is 2.78. The molecule has 2 rings (SSSR count). The van der Waals surface area contributed by atoms with E-state index < -0.39 is 20.7 Å². The number of carbonyl (C=O) groups is 1. The smallest absolute Gasteiger partial charge is 0.328 e. The van der Waals surface area contributed by atoms with Crippen LogP contribution in [0, 0.1) is 0 Å². The second-order valence-electron chi connectivity index (χ2n) is 7.18. The van der Waals surface area contributed by atoms with E-state index in [1.54, 1.807) is 62.8 Å². The van der Waals surface area contributed by atoms with E-state index >= 15 is 0 Å². The van der Waals surface area contributed by atoms with Gasteiger partial charge in [-0.3, -0.25) is 4.79 Å². The van der Waals surface area contributed by atoms with Crippen LogP contribution in [-0.4, -0.2) is 44.8 Å². The van der Waals surface area contributed by atoms with Crippen molar-refractivity contribution in [3.05, 3.63) is 72.3 Å². The van der Waals surface area contributed by atoms with Gasteiger partial charge in [-0.2, -0.15) is 4.31 Å². The summed E-state index contributed by atoms with van der Waals surface area (Å²) in [6, 6.07) is 14.2. The van der Waals surface area contributed by atoms with Gasteiger partial charge in [0, 0.05) is 13.1 Å². The minimum atomic E-state index is -4.14. The molecule has 0 aliphatic heterocycles. The van der Waals surface area contributed by atoms with Crippen molar-refractivity contribution in [3.63, 3.8) is 0 Å². The van der Waals surface area contributed by atoms with Crippen molar-refractivity contribution in [3.8, 4) is 11.5 Å². The molecule has 2 aromatic carbocycles. The number of hydrogen-bond acceptors (Lipinski definition) is 6. The number of rotatable bonds is 11. The lowest BCUT2D eigenvalue weighted by molar-refractivity contribution is -0.143. The van der Waals surface area contributed by atoms with Gasteiger partial charge >= 0.3 is 5.97 Å². The zero-order chi connectivity index (χ0) is 23.1. The standard InChI is InChI=1S/C23H29NO6S/c1-6-15-23(2,22(25)30-5)31(26,27)24(16-18-7-11-20(28-3)12-8-18)17-19-9-13-21(29-4)14-10-19/h6-14H,1,15-17H2,2-5H3. The molecule has 0 N–H and O–H groups in total. The van der Waals surface area contributed by atoms with Crippen molar-refractivity contribution in [2.75, 3.05) is 21.3 Å². The van der Waals surface area contributed by atoms with Crippen molar-refractivity contribution >= 4 is 16.0 Å². The highest BCUT2D eigenvalue weighted by molar-refractivity contribution is 7.91. The maximum atomic E-state index is 13.7. The molecule has 2 aromatic rings. The first-order chi connectivity index (χ1) is 14.7. The number of sulfonamides is 1. The third kappa shape index (κ3) is 5.45. The van der Waals surface area contributed by atoms with E-state index in [1.807, 2.05) is 0 Å². The van der Waals surface area contributed by atoms with Crippen molar-refractivity contribution in [1.82, 2.24) is 4.31 Å². The van der Waals surface area contributed by atoms with Crippen molar-refractivity contribution in [2.24, 2.45) is 0 Å². The SMILES string of the molecule is C=CCC(C)(C(=O)OC)S(=O)(=O)N(Cc1ccc(OC)cc1)Cc1ccc(OC)cc1. The molecule has 0 saturated heterocycles. The van der Waals surface area contributed by atoms with Gasteiger partial charge in [-0.1, -0.05) is 30.3 Å². The minimum absolute atomic E-state index is 0.0715. The second kappa shape index (κ2) is 10.5. The lowest BCUT2D eigenvalue weighted by atomic mass is 10.1. The highest BCUT2D eigenvalue weighted by Gasteiger charge is 2.49. The normalized spacial score (nSPS) is 13.3. The van der Waals surface area contributed by atoms with Gasteiger partial charge in [-0.05, 0) is 48.7 Å². The average molecular weight is 448 g/mol. The van der Waals surface area contributed by atoms with Gasteiger partial charge in [0.05, 0.1) is 21.3 Å². The quantitative estimate of drug-likeness (QED) is 0.387. The molecule has 0 aliphatic carbocycles. The molecule has 0 heterocycles. The van der Waals surface area contributed by atoms with Crippen LogP contribution in [0.2, 0.25) is 0 Å². The number of allylic oxidation sites excluding steroid dienone is 1. The summed E-state index contributed by atoms with van der Waals surface area (Å²) < 4.78 is 42.1. The zero-order valence-electron chi connectivity index (χ0n) is 18.3. The molecule has 0 aromatic heterocycles. The fourth-order valence-corrected chi connectivity index (χ4v) is 5.00. The van der Waals surface area contributed by atoms with Gasteiger partial charge in [-0.15, -0.1) is 6.58 Å². The van der Waals surface area contributed by atoms with Gasteiger partial charge in [0.1, 0.15) is 11.5 Å². The Labute approximate surface area is 184 Å². The Balaban J connectivity index is 2.48. The highest BCUT2D eigenvalue weighted by Crippen LogP contribution is 2.30. The topological polar surface area (TPSA) is 82.1 Å². The van der Waals surface area contributed by atoms with Crippen LogP contribution in [0.1, 0.15) is 24.5 Å². The summed E-state index contributed by atoms with van der Waals surface area (Å²) in [7, 11) is 0.162. The van der Waals surface area contributed by atoms with Gasteiger partial charge in [-0.25, -0.2) is 8.42 Å². The molecular weight excluding hydrogens is 418 g/mol. The number of esters is 1. The monoisotopic (exact) mass is 447 g/mol. The molecule has 168 valence electrons. The highest BCUT2D eigenvalue weighted by atomic mass is 32.2. The summed E-state index contributed by atoms with van der Waals surface area (Å²) in [6.07, 6.45) is 1.33. The Bertz CT molecular complexity index is 936. The summed E-state index contributed by atoms with van der Waals surface area (Å²) in [5.41, 5.74) is 1.51. The molecule has 8 heteroatoms. The Kier molecular flexibility index (Phi) is 8.24. The zero-order valence-corrected chi connectivity index (χ0v) is 19.1. The van der Waals surface area contributed by atoms with Crippen LogP contribution in [0.4, 0.5) is 0 Å². The minimum Gasteiger partial charge on any atom is -0.497 e. The molecule has 31 heavy (non-hydrogen) atoms. The van der Waals surface area contributed by atoms with E-state index in [1.165, 1.54) is 24.4 Å². The molecule has 1 atom stereocenters. The van der Waals surface area contributed by atoms with Crippen molar-refractivity contribution in [2.45, 2.75) is 31.2 Å². The van der Waals surface area contributed by atoms with Crippen LogP contribution in [0.5, 0.6) is 11.5 Å². The van der Waals surface area contributed by atoms with E-state index in [9.17, 15) is 13.2 Å². The Morgan fingerprint density at radius 2 is 1.35 bits per heavy atom. The van der Waals surface area contributed by atoms with Gasteiger partial charge in [0.15, 0.2) is 4.75 Å². The predicted octanol–water partition coefficient (Wildman–Crippen LogP) is 3.54. The molecule has 0 fully saturated rings. The van der Waals surface area contributed by atoms with Crippen LogP contribution in [0.3, 0.4) is 0 Å².